The first kappa shape index (κ1) is 19.9. The molecule has 5 aromatic rings. The third-order valence-electron chi connectivity index (χ3n) is 6.67. The maximum absolute atomic E-state index is 6.54. The fraction of sp³-hybridized carbons (Fsp3) is 0.222. The van der Waals surface area contributed by atoms with Crippen molar-refractivity contribution < 1.29 is 9.14 Å². The van der Waals surface area contributed by atoms with Crippen LogP contribution in [0.1, 0.15) is 31.7 Å². The molecule has 2 N–H and O–H groups in total. The van der Waals surface area contributed by atoms with Crippen molar-refractivity contribution in [1.29, 1.82) is 0 Å². The second kappa shape index (κ2) is 7.67. The smallest absolute Gasteiger partial charge is 0.439 e. The monoisotopic (exact) mass is 436 g/mol. The molecule has 2 aromatic carbocycles. The highest BCUT2D eigenvalue weighted by molar-refractivity contribution is 5.92. The average Bonchev–Trinajstić information content (AvgIpc) is 3.22. The summed E-state index contributed by atoms with van der Waals surface area (Å²) < 4.78 is 9.81. The minimum Gasteiger partial charge on any atom is -0.439 e. The first-order chi connectivity index (χ1) is 16.2. The van der Waals surface area contributed by atoms with Crippen molar-refractivity contribution in [1.82, 2.24) is 14.8 Å². The highest BCUT2D eigenvalue weighted by Gasteiger charge is 2.34. The second-order valence-electron chi connectivity index (χ2n) is 8.72. The number of aromatic nitrogens is 4. The normalized spacial score (nSPS) is 15.0. The molecule has 6 heteroatoms. The highest BCUT2D eigenvalue weighted by Crippen LogP contribution is 2.38. The fourth-order valence-corrected chi connectivity index (χ4v) is 4.66. The number of rotatable bonds is 5. The molecule has 33 heavy (non-hydrogen) atoms. The fourth-order valence-electron chi connectivity index (χ4n) is 4.66. The molecule has 1 aliphatic rings. The lowest BCUT2D eigenvalue weighted by Crippen LogP contribution is -2.43. The molecule has 3 aromatic heterocycles. The summed E-state index contributed by atoms with van der Waals surface area (Å²) >= 11 is 0. The molecule has 0 radical (unpaired) electrons. The van der Waals surface area contributed by atoms with Crippen molar-refractivity contribution in [3.05, 3.63) is 84.7 Å². The van der Waals surface area contributed by atoms with Gasteiger partial charge in [-0.1, -0.05) is 47.1 Å². The van der Waals surface area contributed by atoms with Crippen LogP contribution in [-0.4, -0.2) is 21.4 Å². The molecule has 6 nitrogen and oxygen atoms in total. The first-order valence-electron chi connectivity index (χ1n) is 11.5. The molecule has 3 heterocycles. The quantitative estimate of drug-likeness (QED) is 0.410. The van der Waals surface area contributed by atoms with Gasteiger partial charge in [-0.05, 0) is 61.6 Å². The van der Waals surface area contributed by atoms with Crippen molar-refractivity contribution in [3.8, 4) is 22.8 Å². The van der Waals surface area contributed by atoms with Gasteiger partial charge < -0.3 is 10.5 Å². The summed E-state index contributed by atoms with van der Waals surface area (Å²) in [6.45, 7) is 2.50. The van der Waals surface area contributed by atoms with Crippen LogP contribution in [0.4, 0.5) is 0 Å². The minimum atomic E-state index is -0.183. The predicted octanol–water partition coefficient (Wildman–Crippen LogP) is 4.56. The summed E-state index contributed by atoms with van der Waals surface area (Å²) in [5.74, 6) is 0. The number of fused-ring (bicyclic) bond motifs is 3. The van der Waals surface area contributed by atoms with E-state index in [0.29, 0.717) is 12.6 Å². The van der Waals surface area contributed by atoms with Gasteiger partial charge in [-0.3, -0.25) is 4.98 Å². The van der Waals surface area contributed by atoms with Gasteiger partial charge in [0.15, 0.2) is 0 Å². The van der Waals surface area contributed by atoms with E-state index >= 15 is 0 Å². The Balaban J connectivity index is 1.56. The number of pyridine rings is 2. The molecule has 6 rings (SSSR count). The van der Waals surface area contributed by atoms with E-state index in [1.807, 2.05) is 52.7 Å². The number of hydrogen-bond acceptors (Lipinski definition) is 4. The lowest BCUT2D eigenvalue weighted by Gasteiger charge is -2.38. The van der Waals surface area contributed by atoms with Gasteiger partial charge in [0, 0.05) is 17.3 Å². The average molecular weight is 437 g/mol. The Kier molecular flexibility index (Phi) is 4.62. The van der Waals surface area contributed by atoms with Gasteiger partial charge in [-0.25, -0.2) is 0 Å². The van der Waals surface area contributed by atoms with Crippen molar-refractivity contribution in [2.75, 3.05) is 6.61 Å². The summed E-state index contributed by atoms with van der Waals surface area (Å²) in [5.41, 5.74) is 12.5. The molecule has 1 aliphatic carbocycles. The summed E-state index contributed by atoms with van der Waals surface area (Å²) in [6.07, 6.45) is 7.17. The second-order valence-corrected chi connectivity index (χ2v) is 8.72. The summed E-state index contributed by atoms with van der Waals surface area (Å²) in [6, 6.07) is 23.5. The van der Waals surface area contributed by atoms with E-state index in [0.717, 1.165) is 46.2 Å². The van der Waals surface area contributed by atoms with Crippen LogP contribution < -0.4 is 14.9 Å². The Morgan fingerprint density at radius 3 is 2.52 bits per heavy atom. The SMILES string of the molecule is CCOc1nn(-c2ccc(C3(N)CCC3)cc2)c2c3cc(-c4ccccc4)cnc3cc[n+]12. The zero-order valence-electron chi connectivity index (χ0n) is 18.6. The van der Waals surface area contributed by atoms with Crippen molar-refractivity contribution in [3.63, 3.8) is 0 Å². The Morgan fingerprint density at radius 2 is 1.82 bits per heavy atom. The van der Waals surface area contributed by atoms with Gasteiger partial charge in [0.05, 0.1) is 28.8 Å². The van der Waals surface area contributed by atoms with Crippen LogP contribution in [0.3, 0.4) is 0 Å². The predicted molar refractivity (Wildman–Crippen MR) is 128 cm³/mol. The molecule has 1 fully saturated rings. The van der Waals surface area contributed by atoms with E-state index in [-0.39, 0.29) is 5.54 Å². The van der Waals surface area contributed by atoms with Crippen LogP contribution in [-0.2, 0) is 5.54 Å². The van der Waals surface area contributed by atoms with Crippen molar-refractivity contribution in [2.24, 2.45) is 5.73 Å². The number of ether oxygens (including phenoxy) is 1. The van der Waals surface area contributed by atoms with E-state index in [1.165, 1.54) is 12.0 Å². The van der Waals surface area contributed by atoms with Crippen LogP contribution in [0, 0.1) is 0 Å². The molecule has 0 aliphatic heterocycles. The van der Waals surface area contributed by atoms with Crippen LogP contribution >= 0.6 is 0 Å². The molecule has 0 spiro atoms. The van der Waals surface area contributed by atoms with Crippen molar-refractivity contribution in [2.45, 2.75) is 31.7 Å². The van der Waals surface area contributed by atoms with Gasteiger partial charge in [-0.2, -0.15) is 4.40 Å². The summed E-state index contributed by atoms with van der Waals surface area (Å²) in [4.78, 5) is 4.75. The topological polar surface area (TPSA) is 70.1 Å². The van der Waals surface area contributed by atoms with Gasteiger partial charge >= 0.3 is 6.01 Å². The lowest BCUT2D eigenvalue weighted by atomic mass is 9.73. The van der Waals surface area contributed by atoms with Gasteiger partial charge in [-0.15, -0.1) is 0 Å². The minimum absolute atomic E-state index is 0.183. The molecule has 0 unspecified atom stereocenters. The van der Waals surface area contributed by atoms with Crippen LogP contribution in [0.15, 0.2) is 79.1 Å². The van der Waals surface area contributed by atoms with Crippen LogP contribution in [0.5, 0.6) is 6.01 Å². The molecule has 0 amide bonds. The Morgan fingerprint density at radius 1 is 1.03 bits per heavy atom. The van der Waals surface area contributed by atoms with Crippen LogP contribution in [0.2, 0.25) is 0 Å². The highest BCUT2D eigenvalue weighted by atomic mass is 16.5. The van der Waals surface area contributed by atoms with E-state index in [2.05, 4.69) is 42.5 Å². The van der Waals surface area contributed by atoms with Gasteiger partial charge in [0.25, 0.3) is 5.65 Å². The number of nitrogens with zero attached hydrogens (tertiary/aromatic N) is 4. The van der Waals surface area contributed by atoms with Crippen LogP contribution in [0.25, 0.3) is 33.4 Å². The zero-order chi connectivity index (χ0) is 22.4. The zero-order valence-corrected chi connectivity index (χ0v) is 18.6. The largest absolute Gasteiger partial charge is 0.473 e. The molecule has 1 saturated carbocycles. The Hall–Kier alpha value is -3.77. The molecule has 0 bridgehead atoms. The first-order valence-corrected chi connectivity index (χ1v) is 11.5. The Bertz CT molecular complexity index is 1450. The third-order valence-corrected chi connectivity index (χ3v) is 6.67. The summed E-state index contributed by atoms with van der Waals surface area (Å²) in [5, 5.41) is 5.84. The third kappa shape index (κ3) is 3.26. The maximum Gasteiger partial charge on any atom is 0.473 e. The van der Waals surface area contributed by atoms with E-state index in [4.69, 9.17) is 20.6 Å². The Labute approximate surface area is 192 Å². The molecule has 0 saturated heterocycles. The summed E-state index contributed by atoms with van der Waals surface area (Å²) in [7, 11) is 0. The number of benzene rings is 2. The van der Waals surface area contributed by atoms with E-state index in [9.17, 15) is 0 Å². The van der Waals surface area contributed by atoms with E-state index < -0.39 is 0 Å². The molecule has 164 valence electrons. The van der Waals surface area contributed by atoms with E-state index in [1.54, 1.807) is 0 Å². The lowest BCUT2D eigenvalue weighted by molar-refractivity contribution is -0.521. The molecular weight excluding hydrogens is 410 g/mol. The number of nitrogens with two attached hydrogens (primary N) is 1. The van der Waals surface area contributed by atoms with Crippen molar-refractivity contribution >= 4 is 16.6 Å². The van der Waals surface area contributed by atoms with Gasteiger partial charge in [0.1, 0.15) is 5.69 Å². The standard InChI is InChI=1S/C27H26N5O/c1-2-33-26-30-32(22-11-9-21(10-12-22)27(28)14-6-15-27)25-23-17-20(19-7-4-3-5-8-19)18-29-24(23)13-16-31(25)26/h3-5,7-13,16-18H,2,6,14-15,28H2,1H3/q+1. The molecular formula is C27H26N5O+. The molecule has 0 atom stereocenters. The van der Waals surface area contributed by atoms with Gasteiger partial charge in [0.2, 0.25) is 0 Å². The number of hydrogen-bond donors (Lipinski definition) is 1. The maximum atomic E-state index is 6.54.